The molecule has 2 aromatic carbocycles. The number of benzene rings is 2. The van der Waals surface area contributed by atoms with E-state index in [9.17, 15) is 4.79 Å². The van der Waals surface area contributed by atoms with E-state index in [1.165, 1.54) is 37.9 Å². The Bertz CT molecular complexity index is 677. The lowest BCUT2D eigenvalue weighted by molar-refractivity contribution is 0.103. The van der Waals surface area contributed by atoms with Crippen molar-refractivity contribution in [3.63, 3.8) is 0 Å². The van der Waals surface area contributed by atoms with Crippen LogP contribution in [0.3, 0.4) is 0 Å². The Kier molecular flexibility index (Phi) is 5.52. The largest absolute Gasteiger partial charge is 0.299 e. The monoisotopic (exact) mass is 325 g/mol. The van der Waals surface area contributed by atoms with Crippen LogP contribution in [0, 0.1) is 0 Å². The zero-order valence-electron chi connectivity index (χ0n) is 13.6. The minimum Gasteiger partial charge on any atom is -0.299 e. The summed E-state index contributed by atoms with van der Waals surface area (Å²) in [4.78, 5) is 16.4. The maximum atomic E-state index is 12.8. The van der Waals surface area contributed by atoms with E-state index in [-0.39, 0.29) is 5.78 Å². The number of piperidine rings is 1. The van der Waals surface area contributed by atoms with Crippen molar-refractivity contribution < 1.29 is 4.79 Å². The van der Waals surface area contributed by atoms with Gasteiger partial charge in [-0.2, -0.15) is 0 Å². The van der Waals surface area contributed by atoms with Crippen LogP contribution in [-0.4, -0.2) is 30.0 Å². The van der Waals surface area contributed by atoms with Gasteiger partial charge in [-0.05, 0) is 55.9 Å². The van der Waals surface area contributed by atoms with Gasteiger partial charge in [-0.15, -0.1) is 11.8 Å². The van der Waals surface area contributed by atoms with Crippen molar-refractivity contribution in [1.82, 2.24) is 4.90 Å². The maximum absolute atomic E-state index is 12.8. The van der Waals surface area contributed by atoms with E-state index in [0.29, 0.717) is 0 Å². The van der Waals surface area contributed by atoms with Gasteiger partial charge < -0.3 is 0 Å². The lowest BCUT2D eigenvalue weighted by Gasteiger charge is -2.26. The summed E-state index contributed by atoms with van der Waals surface area (Å²) in [6.07, 6.45) is 5.94. The third-order valence-electron chi connectivity index (χ3n) is 4.40. The summed E-state index contributed by atoms with van der Waals surface area (Å²) >= 11 is 1.62. The van der Waals surface area contributed by atoms with Crippen LogP contribution >= 0.6 is 11.8 Å². The van der Waals surface area contributed by atoms with Crippen molar-refractivity contribution in [3.8, 4) is 0 Å². The Morgan fingerprint density at radius 2 is 1.83 bits per heavy atom. The second-order valence-electron chi connectivity index (χ2n) is 6.07. The summed E-state index contributed by atoms with van der Waals surface area (Å²) in [7, 11) is 0. The molecule has 2 nitrogen and oxygen atoms in total. The van der Waals surface area contributed by atoms with E-state index < -0.39 is 0 Å². The molecule has 1 saturated heterocycles. The molecule has 0 atom stereocenters. The van der Waals surface area contributed by atoms with E-state index in [1.54, 1.807) is 11.8 Å². The van der Waals surface area contributed by atoms with Crippen LogP contribution in [0.4, 0.5) is 0 Å². The number of hydrogen-bond acceptors (Lipinski definition) is 3. The highest BCUT2D eigenvalue weighted by molar-refractivity contribution is 7.98. The van der Waals surface area contributed by atoms with E-state index >= 15 is 0 Å². The SMILES string of the molecule is CSc1ccccc1C(=O)c1cccc(CN2CCCCC2)c1. The van der Waals surface area contributed by atoms with Gasteiger partial charge in [-0.3, -0.25) is 9.69 Å². The number of rotatable bonds is 5. The minimum atomic E-state index is 0.121. The second-order valence-corrected chi connectivity index (χ2v) is 6.91. The summed E-state index contributed by atoms with van der Waals surface area (Å²) in [5.41, 5.74) is 2.83. The highest BCUT2D eigenvalue weighted by atomic mass is 32.2. The van der Waals surface area contributed by atoms with Crippen molar-refractivity contribution in [2.45, 2.75) is 30.7 Å². The number of thioether (sulfide) groups is 1. The number of carbonyl (C=O) groups excluding carboxylic acids is 1. The molecule has 1 aliphatic rings. The first kappa shape index (κ1) is 16.3. The molecule has 0 aromatic heterocycles. The molecule has 2 aromatic rings. The summed E-state index contributed by atoms with van der Waals surface area (Å²) in [5.74, 6) is 0.121. The number of ketones is 1. The normalized spacial score (nSPS) is 15.5. The van der Waals surface area contributed by atoms with Crippen LogP contribution in [-0.2, 0) is 6.54 Å². The zero-order chi connectivity index (χ0) is 16.1. The average Bonchev–Trinajstić information content (AvgIpc) is 2.62. The third-order valence-corrected chi connectivity index (χ3v) is 5.19. The standard InChI is InChI=1S/C20H23NOS/c1-23-19-11-4-3-10-18(19)20(22)17-9-7-8-16(14-17)15-21-12-5-2-6-13-21/h3-4,7-11,14H,2,5-6,12-13,15H2,1H3. The maximum Gasteiger partial charge on any atom is 0.194 e. The molecule has 1 fully saturated rings. The van der Waals surface area contributed by atoms with Crippen LogP contribution in [0.5, 0.6) is 0 Å². The average molecular weight is 325 g/mol. The molecule has 0 N–H and O–H groups in total. The van der Waals surface area contributed by atoms with E-state index in [0.717, 1.165) is 22.6 Å². The smallest absolute Gasteiger partial charge is 0.194 e. The van der Waals surface area contributed by atoms with Gasteiger partial charge >= 0.3 is 0 Å². The first-order valence-corrected chi connectivity index (χ1v) is 9.49. The fourth-order valence-electron chi connectivity index (χ4n) is 3.17. The van der Waals surface area contributed by atoms with Crippen molar-refractivity contribution in [1.29, 1.82) is 0 Å². The lowest BCUT2D eigenvalue weighted by atomic mass is 10.0. The van der Waals surface area contributed by atoms with Gasteiger partial charge in [0.25, 0.3) is 0 Å². The van der Waals surface area contributed by atoms with Gasteiger partial charge in [0, 0.05) is 22.6 Å². The highest BCUT2D eigenvalue weighted by Gasteiger charge is 2.15. The Hall–Kier alpha value is -1.58. The van der Waals surface area contributed by atoms with Gasteiger partial charge in [0.05, 0.1) is 0 Å². The molecule has 120 valence electrons. The lowest BCUT2D eigenvalue weighted by Crippen LogP contribution is -2.29. The summed E-state index contributed by atoms with van der Waals surface area (Å²) < 4.78 is 0. The minimum absolute atomic E-state index is 0.121. The van der Waals surface area contributed by atoms with E-state index in [1.807, 2.05) is 42.7 Å². The van der Waals surface area contributed by atoms with Gasteiger partial charge in [0.2, 0.25) is 0 Å². The fraction of sp³-hybridized carbons (Fsp3) is 0.350. The molecular formula is C20H23NOS. The molecule has 1 heterocycles. The number of carbonyl (C=O) groups is 1. The number of hydrogen-bond donors (Lipinski definition) is 0. The molecule has 0 amide bonds. The van der Waals surface area contributed by atoms with Crippen molar-refractivity contribution in [2.24, 2.45) is 0 Å². The topological polar surface area (TPSA) is 20.3 Å². The van der Waals surface area contributed by atoms with Crippen molar-refractivity contribution in [2.75, 3.05) is 19.3 Å². The zero-order valence-corrected chi connectivity index (χ0v) is 14.4. The molecule has 3 rings (SSSR count). The van der Waals surface area contributed by atoms with E-state index in [2.05, 4.69) is 17.0 Å². The fourth-order valence-corrected chi connectivity index (χ4v) is 3.77. The van der Waals surface area contributed by atoms with Crippen LogP contribution in [0.25, 0.3) is 0 Å². The summed E-state index contributed by atoms with van der Waals surface area (Å²) in [5, 5.41) is 0. The Balaban J connectivity index is 1.80. The quantitative estimate of drug-likeness (QED) is 0.591. The number of nitrogens with zero attached hydrogens (tertiary/aromatic N) is 1. The predicted octanol–water partition coefficient (Wildman–Crippen LogP) is 4.63. The first-order valence-electron chi connectivity index (χ1n) is 8.27. The van der Waals surface area contributed by atoms with Crippen molar-refractivity contribution >= 4 is 17.5 Å². The highest BCUT2D eigenvalue weighted by Crippen LogP contribution is 2.23. The first-order chi connectivity index (χ1) is 11.3. The van der Waals surface area contributed by atoms with Gasteiger partial charge in [-0.1, -0.05) is 36.8 Å². The third kappa shape index (κ3) is 4.04. The molecule has 0 saturated carbocycles. The van der Waals surface area contributed by atoms with Crippen LogP contribution in [0.1, 0.15) is 40.7 Å². The molecule has 0 aliphatic carbocycles. The van der Waals surface area contributed by atoms with Crippen LogP contribution in [0.15, 0.2) is 53.4 Å². The van der Waals surface area contributed by atoms with Crippen molar-refractivity contribution in [3.05, 3.63) is 65.2 Å². The Morgan fingerprint density at radius 3 is 2.61 bits per heavy atom. The summed E-state index contributed by atoms with van der Waals surface area (Å²) in [6.45, 7) is 3.30. The number of likely N-dealkylation sites (tertiary alicyclic amines) is 1. The molecule has 0 spiro atoms. The Labute approximate surface area is 142 Å². The van der Waals surface area contributed by atoms with Crippen LogP contribution < -0.4 is 0 Å². The molecule has 23 heavy (non-hydrogen) atoms. The van der Waals surface area contributed by atoms with E-state index in [4.69, 9.17) is 0 Å². The molecule has 1 aliphatic heterocycles. The second kappa shape index (κ2) is 7.80. The molecular weight excluding hydrogens is 302 g/mol. The molecule has 0 radical (unpaired) electrons. The molecule has 0 unspecified atom stereocenters. The Morgan fingerprint density at radius 1 is 1.04 bits per heavy atom. The molecule has 0 bridgehead atoms. The van der Waals surface area contributed by atoms with Crippen LogP contribution in [0.2, 0.25) is 0 Å². The molecule has 3 heteroatoms. The van der Waals surface area contributed by atoms with Gasteiger partial charge in [-0.25, -0.2) is 0 Å². The summed E-state index contributed by atoms with van der Waals surface area (Å²) in [6, 6.07) is 16.0. The van der Waals surface area contributed by atoms with Gasteiger partial charge in [0.15, 0.2) is 5.78 Å². The van der Waals surface area contributed by atoms with Gasteiger partial charge in [0.1, 0.15) is 0 Å². The predicted molar refractivity (Wildman–Crippen MR) is 97.2 cm³/mol.